The third kappa shape index (κ3) is 5.10. The number of phenolic OH excluding ortho intramolecular Hbond substituents is 1. The van der Waals surface area contributed by atoms with Crippen molar-refractivity contribution in [2.45, 2.75) is 17.7 Å². The van der Waals surface area contributed by atoms with Crippen molar-refractivity contribution < 1.29 is 27.9 Å². The Labute approximate surface area is 180 Å². The molecular formula is C23H21NO6S. The van der Waals surface area contributed by atoms with Crippen LogP contribution in [0.4, 0.5) is 5.69 Å². The van der Waals surface area contributed by atoms with E-state index in [-0.39, 0.29) is 34.1 Å². The molecule has 7 nitrogen and oxygen atoms in total. The van der Waals surface area contributed by atoms with Crippen LogP contribution in [0.25, 0.3) is 0 Å². The predicted octanol–water partition coefficient (Wildman–Crippen LogP) is 3.72. The third-order valence-electron chi connectivity index (χ3n) is 4.49. The van der Waals surface area contributed by atoms with Crippen molar-refractivity contribution >= 4 is 27.5 Å². The van der Waals surface area contributed by atoms with Gasteiger partial charge in [-0.2, -0.15) is 0 Å². The molecular weight excluding hydrogens is 418 g/mol. The van der Waals surface area contributed by atoms with Crippen molar-refractivity contribution in [2.24, 2.45) is 0 Å². The highest BCUT2D eigenvalue weighted by molar-refractivity contribution is 7.92. The van der Waals surface area contributed by atoms with Gasteiger partial charge in [-0.15, -0.1) is 0 Å². The number of phenols is 1. The SMILES string of the molecule is CCOC(=O)[C@@H](C(=O)c1ccccc1)c1cc(NS(=O)(=O)c2ccccc2)ccc1O. The summed E-state index contributed by atoms with van der Waals surface area (Å²) in [6.07, 6.45) is 0. The van der Waals surface area contributed by atoms with Gasteiger partial charge in [-0.3, -0.25) is 14.3 Å². The van der Waals surface area contributed by atoms with Crippen LogP contribution in [-0.4, -0.2) is 31.9 Å². The molecule has 2 N–H and O–H groups in total. The van der Waals surface area contributed by atoms with E-state index in [1.54, 1.807) is 55.5 Å². The number of esters is 1. The normalized spacial score (nSPS) is 12.0. The van der Waals surface area contributed by atoms with Crippen molar-refractivity contribution in [2.75, 3.05) is 11.3 Å². The van der Waals surface area contributed by atoms with Crippen LogP contribution in [0.3, 0.4) is 0 Å². The van der Waals surface area contributed by atoms with E-state index in [0.717, 1.165) is 0 Å². The number of Topliss-reactive ketones (excluding diaryl/α,β-unsaturated/α-hetero) is 1. The number of rotatable bonds is 8. The van der Waals surface area contributed by atoms with E-state index in [9.17, 15) is 23.1 Å². The maximum Gasteiger partial charge on any atom is 0.321 e. The zero-order chi connectivity index (χ0) is 22.4. The number of carbonyl (C=O) groups excluding carboxylic acids is 2. The van der Waals surface area contributed by atoms with Crippen molar-refractivity contribution in [3.8, 4) is 5.75 Å². The molecule has 0 bridgehead atoms. The van der Waals surface area contributed by atoms with Crippen LogP contribution < -0.4 is 4.72 Å². The Kier molecular flexibility index (Phi) is 6.71. The molecule has 1 atom stereocenters. The van der Waals surface area contributed by atoms with Crippen molar-refractivity contribution in [3.05, 3.63) is 90.0 Å². The Bertz CT molecular complexity index is 1180. The van der Waals surface area contributed by atoms with Crippen LogP contribution in [0.2, 0.25) is 0 Å². The first kappa shape index (κ1) is 22.0. The van der Waals surface area contributed by atoms with E-state index in [4.69, 9.17) is 4.74 Å². The second-order valence-electron chi connectivity index (χ2n) is 6.61. The first-order valence-electron chi connectivity index (χ1n) is 9.50. The fourth-order valence-corrected chi connectivity index (χ4v) is 4.10. The van der Waals surface area contributed by atoms with Crippen LogP contribution in [0.5, 0.6) is 5.75 Å². The zero-order valence-electron chi connectivity index (χ0n) is 16.7. The Morgan fingerprint density at radius 1 is 0.968 bits per heavy atom. The van der Waals surface area contributed by atoms with Gasteiger partial charge in [-0.05, 0) is 37.3 Å². The quantitative estimate of drug-likeness (QED) is 0.240. The first-order valence-corrected chi connectivity index (χ1v) is 11.0. The molecule has 0 unspecified atom stereocenters. The summed E-state index contributed by atoms with van der Waals surface area (Å²) in [7, 11) is -3.90. The average molecular weight is 439 g/mol. The molecule has 0 aliphatic heterocycles. The predicted molar refractivity (Wildman–Crippen MR) is 116 cm³/mol. The molecule has 0 aliphatic rings. The number of carbonyl (C=O) groups is 2. The topological polar surface area (TPSA) is 110 Å². The summed E-state index contributed by atoms with van der Waals surface area (Å²) in [6.45, 7) is 1.64. The van der Waals surface area contributed by atoms with Crippen molar-refractivity contribution in [1.29, 1.82) is 0 Å². The zero-order valence-corrected chi connectivity index (χ0v) is 17.5. The minimum atomic E-state index is -3.90. The molecule has 0 saturated carbocycles. The monoisotopic (exact) mass is 439 g/mol. The summed E-state index contributed by atoms with van der Waals surface area (Å²) in [5, 5.41) is 10.4. The highest BCUT2D eigenvalue weighted by Crippen LogP contribution is 2.33. The molecule has 31 heavy (non-hydrogen) atoms. The molecule has 0 heterocycles. The van der Waals surface area contributed by atoms with Gasteiger partial charge < -0.3 is 9.84 Å². The fourth-order valence-electron chi connectivity index (χ4n) is 3.03. The molecule has 0 radical (unpaired) electrons. The maximum absolute atomic E-state index is 13.1. The summed E-state index contributed by atoms with van der Waals surface area (Å²) in [5.41, 5.74) is 0.294. The Morgan fingerprint density at radius 2 is 1.58 bits per heavy atom. The van der Waals surface area contributed by atoms with Gasteiger partial charge in [0.2, 0.25) is 0 Å². The summed E-state index contributed by atoms with van der Waals surface area (Å²) >= 11 is 0. The number of nitrogens with one attached hydrogen (secondary N) is 1. The molecule has 0 spiro atoms. The molecule has 3 aromatic rings. The standard InChI is InChI=1S/C23H21NO6S/c1-2-30-23(27)21(22(26)16-9-5-3-6-10-16)19-15-17(13-14-20(19)25)24-31(28,29)18-11-7-4-8-12-18/h3-15,21,24-25H,2H2,1H3/t21-/m1/s1. The van der Waals surface area contributed by atoms with Gasteiger partial charge in [0, 0.05) is 16.8 Å². The van der Waals surface area contributed by atoms with Crippen LogP contribution >= 0.6 is 0 Å². The van der Waals surface area contributed by atoms with Gasteiger partial charge >= 0.3 is 5.97 Å². The van der Waals surface area contributed by atoms with Crippen LogP contribution in [0.1, 0.15) is 28.8 Å². The number of aromatic hydroxyl groups is 1. The Hall–Kier alpha value is -3.65. The van der Waals surface area contributed by atoms with E-state index in [0.29, 0.717) is 0 Å². The number of benzene rings is 3. The van der Waals surface area contributed by atoms with Crippen molar-refractivity contribution in [1.82, 2.24) is 0 Å². The molecule has 0 aliphatic carbocycles. The van der Waals surface area contributed by atoms with Crippen LogP contribution in [-0.2, 0) is 19.6 Å². The molecule has 0 fully saturated rings. The Morgan fingerprint density at radius 3 is 2.19 bits per heavy atom. The molecule has 0 aromatic heterocycles. The number of ketones is 1. The highest BCUT2D eigenvalue weighted by Gasteiger charge is 2.33. The number of hydrogen-bond acceptors (Lipinski definition) is 6. The molecule has 160 valence electrons. The maximum atomic E-state index is 13.1. The number of hydrogen-bond donors (Lipinski definition) is 2. The van der Waals surface area contributed by atoms with Gasteiger partial charge in [-0.25, -0.2) is 8.42 Å². The van der Waals surface area contributed by atoms with Gasteiger partial charge in [0.25, 0.3) is 10.0 Å². The molecule has 3 aromatic carbocycles. The minimum absolute atomic E-state index is 0.0402. The lowest BCUT2D eigenvalue weighted by Crippen LogP contribution is -2.25. The van der Waals surface area contributed by atoms with E-state index >= 15 is 0 Å². The van der Waals surface area contributed by atoms with Gasteiger partial charge in [0.05, 0.1) is 11.5 Å². The third-order valence-corrected chi connectivity index (χ3v) is 5.88. The second kappa shape index (κ2) is 9.44. The van der Waals surface area contributed by atoms with Gasteiger partial charge in [-0.1, -0.05) is 48.5 Å². The molecule has 8 heteroatoms. The number of ether oxygens (including phenoxy) is 1. The van der Waals surface area contributed by atoms with E-state index < -0.39 is 27.7 Å². The van der Waals surface area contributed by atoms with Crippen LogP contribution in [0, 0.1) is 0 Å². The summed E-state index contributed by atoms with van der Waals surface area (Å²) < 4.78 is 32.7. The lowest BCUT2D eigenvalue weighted by Gasteiger charge is -2.18. The summed E-state index contributed by atoms with van der Waals surface area (Å²) in [4.78, 5) is 25.8. The smallest absolute Gasteiger partial charge is 0.321 e. The molecule has 0 saturated heterocycles. The number of sulfonamides is 1. The fraction of sp³-hybridized carbons (Fsp3) is 0.130. The first-order chi connectivity index (χ1) is 14.8. The van der Waals surface area contributed by atoms with Crippen LogP contribution in [0.15, 0.2) is 83.8 Å². The lowest BCUT2D eigenvalue weighted by atomic mass is 9.89. The van der Waals surface area contributed by atoms with Gasteiger partial charge in [0.15, 0.2) is 5.78 Å². The Balaban J connectivity index is 2.02. The second-order valence-corrected chi connectivity index (χ2v) is 8.29. The van der Waals surface area contributed by atoms with E-state index in [1.807, 2.05) is 0 Å². The number of anilines is 1. The average Bonchev–Trinajstić information content (AvgIpc) is 2.77. The molecule has 3 rings (SSSR count). The lowest BCUT2D eigenvalue weighted by molar-refractivity contribution is -0.143. The van der Waals surface area contributed by atoms with Gasteiger partial charge in [0.1, 0.15) is 11.7 Å². The summed E-state index contributed by atoms with van der Waals surface area (Å²) in [5.74, 6) is -3.19. The van der Waals surface area contributed by atoms with E-state index in [1.165, 1.54) is 30.3 Å². The van der Waals surface area contributed by atoms with E-state index in [2.05, 4.69) is 4.72 Å². The van der Waals surface area contributed by atoms with Crippen molar-refractivity contribution in [3.63, 3.8) is 0 Å². The summed E-state index contributed by atoms with van der Waals surface area (Å²) in [6, 6.07) is 19.7. The molecule has 0 amide bonds. The largest absolute Gasteiger partial charge is 0.508 e. The highest BCUT2D eigenvalue weighted by atomic mass is 32.2. The minimum Gasteiger partial charge on any atom is -0.508 e.